The Hall–Kier alpha value is -2.04. The molecule has 0 radical (unpaired) electrons. The summed E-state index contributed by atoms with van der Waals surface area (Å²) in [5, 5.41) is 5.27. The number of hydrogen-bond acceptors (Lipinski definition) is 3. The van der Waals surface area contributed by atoms with Crippen molar-refractivity contribution < 1.29 is 14.3 Å². The van der Waals surface area contributed by atoms with Gasteiger partial charge < -0.3 is 15.4 Å². The van der Waals surface area contributed by atoms with Crippen molar-refractivity contribution in [1.82, 2.24) is 10.6 Å². The van der Waals surface area contributed by atoms with Crippen LogP contribution in [0.2, 0.25) is 0 Å². The maximum atomic E-state index is 11.6. The molecule has 0 bridgehead atoms. The number of carbonyl (C=O) groups excluding carboxylic acids is 2. The van der Waals surface area contributed by atoms with Crippen LogP contribution in [-0.2, 0) is 16.1 Å². The Morgan fingerprint density at radius 2 is 1.89 bits per heavy atom. The Labute approximate surface area is 107 Å². The summed E-state index contributed by atoms with van der Waals surface area (Å²) in [5.74, 6) is 0.347. The van der Waals surface area contributed by atoms with Gasteiger partial charge in [-0.1, -0.05) is 12.1 Å². The average Bonchev–Trinajstić information content (AvgIpc) is 2.35. The number of carbonyl (C=O) groups is 2. The Kier molecular flexibility index (Phi) is 5.17. The summed E-state index contributed by atoms with van der Waals surface area (Å²) in [5.41, 5.74) is 0.971. The van der Waals surface area contributed by atoms with Crippen LogP contribution in [0.3, 0.4) is 0 Å². The van der Waals surface area contributed by atoms with Crippen LogP contribution in [0.5, 0.6) is 5.75 Å². The third-order valence-corrected chi connectivity index (χ3v) is 2.44. The van der Waals surface area contributed by atoms with E-state index in [1.165, 1.54) is 6.92 Å². The number of benzene rings is 1. The molecule has 5 nitrogen and oxygen atoms in total. The van der Waals surface area contributed by atoms with E-state index in [2.05, 4.69) is 10.6 Å². The lowest BCUT2D eigenvalue weighted by molar-refractivity contribution is -0.127. The predicted molar refractivity (Wildman–Crippen MR) is 68.1 cm³/mol. The largest absolute Gasteiger partial charge is 0.497 e. The van der Waals surface area contributed by atoms with Gasteiger partial charge in [0.1, 0.15) is 11.8 Å². The summed E-state index contributed by atoms with van der Waals surface area (Å²) in [6, 6.07) is 6.89. The zero-order chi connectivity index (χ0) is 13.5. The minimum Gasteiger partial charge on any atom is -0.497 e. The monoisotopic (exact) mass is 250 g/mol. The van der Waals surface area contributed by atoms with Crippen LogP contribution in [0.4, 0.5) is 0 Å². The summed E-state index contributed by atoms with van der Waals surface area (Å²) in [4.78, 5) is 22.4. The number of amides is 2. The number of nitrogens with one attached hydrogen (secondary N) is 2. The molecule has 0 aliphatic carbocycles. The first-order chi connectivity index (χ1) is 8.52. The van der Waals surface area contributed by atoms with E-state index in [1.807, 2.05) is 24.3 Å². The molecule has 0 saturated carbocycles. The second kappa shape index (κ2) is 6.64. The molecule has 5 heteroatoms. The molecular weight excluding hydrogens is 232 g/mol. The molecule has 0 spiro atoms. The summed E-state index contributed by atoms with van der Waals surface area (Å²) in [6.07, 6.45) is 0. The van der Waals surface area contributed by atoms with E-state index in [4.69, 9.17) is 4.74 Å². The summed E-state index contributed by atoms with van der Waals surface area (Å²) >= 11 is 0. The van der Waals surface area contributed by atoms with Crippen molar-refractivity contribution in [2.24, 2.45) is 0 Å². The molecule has 0 fully saturated rings. The van der Waals surface area contributed by atoms with E-state index in [0.29, 0.717) is 6.54 Å². The Balaban J connectivity index is 2.44. The molecule has 0 aromatic heterocycles. The molecule has 1 atom stereocenters. The molecule has 18 heavy (non-hydrogen) atoms. The van der Waals surface area contributed by atoms with Crippen molar-refractivity contribution in [2.75, 3.05) is 7.11 Å². The first-order valence-corrected chi connectivity index (χ1v) is 5.70. The van der Waals surface area contributed by atoms with Gasteiger partial charge >= 0.3 is 0 Å². The van der Waals surface area contributed by atoms with Crippen molar-refractivity contribution in [3.63, 3.8) is 0 Å². The lowest BCUT2D eigenvalue weighted by atomic mass is 10.2. The van der Waals surface area contributed by atoms with Gasteiger partial charge in [0.2, 0.25) is 11.8 Å². The maximum Gasteiger partial charge on any atom is 0.242 e. The quantitative estimate of drug-likeness (QED) is 0.813. The van der Waals surface area contributed by atoms with Crippen molar-refractivity contribution in [2.45, 2.75) is 26.4 Å². The summed E-state index contributed by atoms with van der Waals surface area (Å²) < 4.78 is 5.04. The fraction of sp³-hybridized carbons (Fsp3) is 0.385. The molecule has 1 rings (SSSR count). The molecule has 98 valence electrons. The smallest absolute Gasteiger partial charge is 0.242 e. The number of rotatable bonds is 5. The van der Waals surface area contributed by atoms with Gasteiger partial charge in [-0.2, -0.15) is 0 Å². The zero-order valence-corrected chi connectivity index (χ0v) is 10.8. The number of hydrogen-bond donors (Lipinski definition) is 2. The lowest BCUT2D eigenvalue weighted by Gasteiger charge is -2.12. The lowest BCUT2D eigenvalue weighted by Crippen LogP contribution is -2.43. The standard InChI is InChI=1S/C13H18N2O3/c1-9(15-10(2)16)13(17)14-8-11-4-6-12(18-3)7-5-11/h4-7,9H,8H2,1-3H3,(H,14,17)(H,15,16)/t9-/m1/s1. The van der Waals surface area contributed by atoms with Crippen LogP contribution >= 0.6 is 0 Å². The van der Waals surface area contributed by atoms with Gasteiger partial charge in [-0.05, 0) is 24.6 Å². The van der Waals surface area contributed by atoms with Crippen LogP contribution in [0.15, 0.2) is 24.3 Å². The van der Waals surface area contributed by atoms with Crippen molar-refractivity contribution in [3.8, 4) is 5.75 Å². The number of ether oxygens (including phenoxy) is 1. The fourth-order valence-corrected chi connectivity index (χ4v) is 1.46. The van der Waals surface area contributed by atoms with E-state index < -0.39 is 6.04 Å². The molecule has 0 unspecified atom stereocenters. The van der Waals surface area contributed by atoms with E-state index in [1.54, 1.807) is 14.0 Å². The van der Waals surface area contributed by atoms with Crippen LogP contribution < -0.4 is 15.4 Å². The van der Waals surface area contributed by atoms with E-state index in [9.17, 15) is 9.59 Å². The van der Waals surface area contributed by atoms with Crippen LogP contribution in [0, 0.1) is 0 Å². The molecular formula is C13H18N2O3. The molecule has 0 aliphatic rings. The van der Waals surface area contributed by atoms with Crippen molar-refractivity contribution >= 4 is 11.8 Å². The van der Waals surface area contributed by atoms with Gasteiger partial charge in [0.05, 0.1) is 7.11 Å². The third-order valence-electron chi connectivity index (χ3n) is 2.44. The van der Waals surface area contributed by atoms with Crippen molar-refractivity contribution in [3.05, 3.63) is 29.8 Å². The zero-order valence-electron chi connectivity index (χ0n) is 10.8. The molecule has 2 amide bonds. The highest BCUT2D eigenvalue weighted by atomic mass is 16.5. The Morgan fingerprint density at radius 1 is 1.28 bits per heavy atom. The van der Waals surface area contributed by atoms with Gasteiger partial charge in [-0.25, -0.2) is 0 Å². The van der Waals surface area contributed by atoms with Gasteiger partial charge in [-0.3, -0.25) is 9.59 Å². The van der Waals surface area contributed by atoms with Crippen LogP contribution in [0.1, 0.15) is 19.4 Å². The van der Waals surface area contributed by atoms with Gasteiger partial charge in [0, 0.05) is 13.5 Å². The minimum atomic E-state index is -0.527. The first kappa shape index (κ1) is 14.0. The van der Waals surface area contributed by atoms with Crippen LogP contribution in [-0.4, -0.2) is 25.0 Å². The third kappa shape index (κ3) is 4.45. The summed E-state index contributed by atoms with van der Waals surface area (Å²) in [6.45, 7) is 3.45. The van der Waals surface area contributed by atoms with Gasteiger partial charge in [0.25, 0.3) is 0 Å². The first-order valence-electron chi connectivity index (χ1n) is 5.70. The van der Waals surface area contributed by atoms with Gasteiger partial charge in [-0.15, -0.1) is 0 Å². The highest BCUT2D eigenvalue weighted by molar-refractivity contribution is 5.86. The molecule has 1 aromatic rings. The van der Waals surface area contributed by atoms with E-state index in [-0.39, 0.29) is 11.8 Å². The fourth-order valence-electron chi connectivity index (χ4n) is 1.46. The Bertz CT molecular complexity index is 415. The molecule has 0 aliphatic heterocycles. The van der Waals surface area contributed by atoms with Crippen LogP contribution in [0.25, 0.3) is 0 Å². The molecule has 0 saturated heterocycles. The van der Waals surface area contributed by atoms with E-state index in [0.717, 1.165) is 11.3 Å². The average molecular weight is 250 g/mol. The highest BCUT2D eigenvalue weighted by Gasteiger charge is 2.12. The summed E-state index contributed by atoms with van der Waals surface area (Å²) in [7, 11) is 1.60. The van der Waals surface area contributed by atoms with Gasteiger partial charge in [0.15, 0.2) is 0 Å². The van der Waals surface area contributed by atoms with E-state index >= 15 is 0 Å². The molecule has 1 aromatic carbocycles. The predicted octanol–water partition coefficient (Wildman–Crippen LogP) is 0.836. The highest BCUT2D eigenvalue weighted by Crippen LogP contribution is 2.10. The number of methoxy groups -OCH3 is 1. The second-order valence-corrected chi connectivity index (χ2v) is 3.99. The maximum absolute atomic E-state index is 11.6. The normalized spacial score (nSPS) is 11.5. The molecule has 0 heterocycles. The molecule has 2 N–H and O–H groups in total. The van der Waals surface area contributed by atoms with Crippen molar-refractivity contribution in [1.29, 1.82) is 0 Å². The second-order valence-electron chi connectivity index (χ2n) is 3.99. The minimum absolute atomic E-state index is 0.207. The Morgan fingerprint density at radius 3 is 2.39 bits per heavy atom. The topological polar surface area (TPSA) is 67.4 Å². The SMILES string of the molecule is COc1ccc(CNC(=O)[C@@H](C)NC(C)=O)cc1.